The van der Waals surface area contributed by atoms with Crippen molar-refractivity contribution in [1.82, 2.24) is 20.7 Å². The van der Waals surface area contributed by atoms with Crippen molar-refractivity contribution < 1.29 is 4.79 Å². The smallest absolute Gasteiger partial charge is 0.273 e. The molecule has 1 amide bonds. The Kier molecular flexibility index (Phi) is 2.31. The minimum Gasteiger partial charge on any atom is -0.347 e. The van der Waals surface area contributed by atoms with Gasteiger partial charge in [-0.2, -0.15) is 15.4 Å². The number of hydrogen-bond donors (Lipinski definition) is 2. The van der Waals surface area contributed by atoms with Crippen molar-refractivity contribution in [3.8, 4) is 0 Å². The first-order valence-corrected chi connectivity index (χ1v) is 6.62. The summed E-state index contributed by atoms with van der Waals surface area (Å²) in [7, 11) is 0. The molecule has 3 atom stereocenters. The lowest BCUT2D eigenvalue weighted by molar-refractivity contribution is 0.0821. The third-order valence-electron chi connectivity index (χ3n) is 5.75. The number of hydrogen-bond acceptors (Lipinski definition) is 3. The van der Waals surface area contributed by atoms with Gasteiger partial charge < -0.3 is 5.32 Å². The van der Waals surface area contributed by atoms with E-state index < -0.39 is 0 Å². The quantitative estimate of drug-likeness (QED) is 0.837. The fraction of sp³-hybridized carbons (Fsp3) is 0.769. The minimum atomic E-state index is -0.113. The molecule has 3 unspecified atom stereocenters. The summed E-state index contributed by atoms with van der Waals surface area (Å²) in [5.74, 6) is 0.614. The second-order valence-electron chi connectivity index (χ2n) is 6.49. The maximum absolute atomic E-state index is 12.1. The summed E-state index contributed by atoms with van der Waals surface area (Å²) < 4.78 is 0. The lowest BCUT2D eigenvalue weighted by Crippen LogP contribution is -2.47. The monoisotopic (exact) mass is 248 g/mol. The molecule has 2 N–H and O–H groups in total. The molecule has 3 rings (SSSR count). The zero-order valence-corrected chi connectivity index (χ0v) is 11.2. The molecule has 5 nitrogen and oxygen atoms in total. The van der Waals surface area contributed by atoms with Crippen LogP contribution in [0, 0.1) is 16.7 Å². The van der Waals surface area contributed by atoms with Crippen LogP contribution in [-0.2, 0) is 0 Å². The lowest BCUT2D eigenvalue weighted by atomic mass is 9.69. The van der Waals surface area contributed by atoms with E-state index >= 15 is 0 Å². The maximum atomic E-state index is 12.1. The van der Waals surface area contributed by atoms with Crippen molar-refractivity contribution in [2.45, 2.75) is 46.1 Å². The van der Waals surface area contributed by atoms with Gasteiger partial charge in [0, 0.05) is 6.04 Å². The van der Waals surface area contributed by atoms with Gasteiger partial charge in [-0.25, -0.2) is 0 Å². The van der Waals surface area contributed by atoms with E-state index in [1.165, 1.54) is 19.0 Å². The van der Waals surface area contributed by atoms with Gasteiger partial charge in [0.05, 0.1) is 6.20 Å². The number of amides is 1. The molecule has 2 fully saturated rings. The molecule has 2 aliphatic rings. The molecule has 1 aromatic rings. The van der Waals surface area contributed by atoms with Crippen molar-refractivity contribution in [2.24, 2.45) is 16.7 Å². The number of rotatable bonds is 2. The fourth-order valence-corrected chi connectivity index (χ4v) is 3.97. The van der Waals surface area contributed by atoms with Crippen LogP contribution in [0.4, 0.5) is 0 Å². The predicted octanol–water partition coefficient (Wildman–Crippen LogP) is 1.75. The predicted molar refractivity (Wildman–Crippen MR) is 66.9 cm³/mol. The highest BCUT2D eigenvalue weighted by Crippen LogP contribution is 2.65. The van der Waals surface area contributed by atoms with Gasteiger partial charge in [0.1, 0.15) is 0 Å². The normalized spacial score (nSPS) is 36.8. The Morgan fingerprint density at radius 1 is 1.50 bits per heavy atom. The van der Waals surface area contributed by atoms with Crippen molar-refractivity contribution >= 4 is 5.91 Å². The molecule has 5 heteroatoms. The van der Waals surface area contributed by atoms with Gasteiger partial charge >= 0.3 is 0 Å². The average Bonchev–Trinajstić information content (AvgIpc) is 2.95. The number of nitrogens with zero attached hydrogens (tertiary/aromatic N) is 2. The first kappa shape index (κ1) is 11.7. The fourth-order valence-electron chi connectivity index (χ4n) is 3.97. The van der Waals surface area contributed by atoms with Gasteiger partial charge in [-0.1, -0.05) is 20.8 Å². The Morgan fingerprint density at radius 3 is 2.78 bits per heavy atom. The number of nitrogens with one attached hydrogen (secondary N) is 2. The number of carbonyl (C=O) groups is 1. The Hall–Kier alpha value is -1.39. The molecular weight excluding hydrogens is 228 g/mol. The van der Waals surface area contributed by atoms with Crippen LogP contribution in [0.5, 0.6) is 0 Å². The molecule has 18 heavy (non-hydrogen) atoms. The molecule has 2 bridgehead atoms. The van der Waals surface area contributed by atoms with Crippen molar-refractivity contribution in [3.05, 3.63) is 11.9 Å². The SMILES string of the molecule is CC1(C)C2CCC1(C)C(NC(=O)c1cn[nH]n1)C2. The molecule has 2 aliphatic carbocycles. The van der Waals surface area contributed by atoms with E-state index in [0.29, 0.717) is 11.1 Å². The Bertz CT molecular complexity index is 467. The van der Waals surface area contributed by atoms with Crippen molar-refractivity contribution in [2.75, 3.05) is 0 Å². The highest BCUT2D eigenvalue weighted by atomic mass is 16.2. The van der Waals surface area contributed by atoms with E-state index in [1.54, 1.807) is 0 Å². The zero-order valence-electron chi connectivity index (χ0n) is 11.2. The molecule has 0 spiro atoms. The summed E-state index contributed by atoms with van der Waals surface area (Å²) in [6, 6.07) is 0.260. The van der Waals surface area contributed by atoms with Crippen molar-refractivity contribution in [1.29, 1.82) is 0 Å². The highest BCUT2D eigenvalue weighted by Gasteiger charge is 2.61. The largest absolute Gasteiger partial charge is 0.347 e. The minimum absolute atomic E-state index is 0.113. The molecule has 1 heterocycles. The van der Waals surface area contributed by atoms with Crippen LogP contribution in [0.25, 0.3) is 0 Å². The van der Waals surface area contributed by atoms with Gasteiger partial charge in [0.15, 0.2) is 5.69 Å². The van der Waals surface area contributed by atoms with Crippen LogP contribution in [0.1, 0.15) is 50.5 Å². The van der Waals surface area contributed by atoms with E-state index in [0.717, 1.165) is 12.3 Å². The van der Waals surface area contributed by atoms with Gasteiger partial charge in [-0.15, -0.1) is 0 Å². The molecule has 1 aromatic heterocycles. The van der Waals surface area contributed by atoms with Gasteiger partial charge in [0.2, 0.25) is 0 Å². The summed E-state index contributed by atoms with van der Waals surface area (Å²) in [5.41, 5.74) is 0.894. The second kappa shape index (κ2) is 3.56. The van der Waals surface area contributed by atoms with Crippen LogP contribution in [0.15, 0.2) is 6.20 Å². The highest BCUT2D eigenvalue weighted by molar-refractivity contribution is 5.92. The van der Waals surface area contributed by atoms with E-state index in [1.807, 2.05) is 0 Å². The zero-order chi connectivity index (χ0) is 13.0. The number of carbonyl (C=O) groups excluding carboxylic acids is 1. The molecule has 0 saturated heterocycles. The van der Waals surface area contributed by atoms with Crippen LogP contribution in [-0.4, -0.2) is 27.4 Å². The molecule has 98 valence electrons. The summed E-state index contributed by atoms with van der Waals surface area (Å²) in [4.78, 5) is 12.1. The second-order valence-corrected chi connectivity index (χ2v) is 6.49. The van der Waals surface area contributed by atoms with E-state index in [-0.39, 0.29) is 17.4 Å². The standard InChI is InChI=1S/C13H20N4O/c1-12(2)8-4-5-13(12,3)10(6-8)15-11(18)9-7-14-17-16-9/h7-8,10H,4-6H2,1-3H3,(H,15,18)(H,14,16,17). The third kappa shape index (κ3) is 1.36. The van der Waals surface area contributed by atoms with Gasteiger partial charge in [-0.05, 0) is 36.0 Å². The Morgan fingerprint density at radius 2 is 2.28 bits per heavy atom. The van der Waals surface area contributed by atoms with Gasteiger partial charge in [-0.3, -0.25) is 4.79 Å². The molecule has 0 aliphatic heterocycles. The van der Waals surface area contributed by atoms with E-state index in [4.69, 9.17) is 0 Å². The molecule has 0 aromatic carbocycles. The van der Waals surface area contributed by atoms with Crippen LogP contribution >= 0.6 is 0 Å². The summed E-state index contributed by atoms with van der Waals surface area (Å²) in [6.07, 6.45) is 5.05. The summed E-state index contributed by atoms with van der Waals surface area (Å²) >= 11 is 0. The number of fused-ring (bicyclic) bond motifs is 2. The maximum Gasteiger partial charge on any atom is 0.273 e. The summed E-state index contributed by atoms with van der Waals surface area (Å²) in [6.45, 7) is 6.99. The first-order chi connectivity index (χ1) is 8.45. The summed E-state index contributed by atoms with van der Waals surface area (Å²) in [5, 5.41) is 13.1. The Balaban J connectivity index is 1.78. The molecular formula is C13H20N4O. The van der Waals surface area contributed by atoms with Crippen LogP contribution in [0.2, 0.25) is 0 Å². The van der Waals surface area contributed by atoms with E-state index in [2.05, 4.69) is 41.5 Å². The van der Waals surface area contributed by atoms with E-state index in [9.17, 15) is 4.79 Å². The topological polar surface area (TPSA) is 70.7 Å². The number of aromatic amines is 1. The van der Waals surface area contributed by atoms with Crippen molar-refractivity contribution in [3.63, 3.8) is 0 Å². The Labute approximate surface area is 107 Å². The number of H-pyrrole nitrogens is 1. The first-order valence-electron chi connectivity index (χ1n) is 6.62. The van der Waals surface area contributed by atoms with Crippen LogP contribution in [0.3, 0.4) is 0 Å². The van der Waals surface area contributed by atoms with Gasteiger partial charge in [0.25, 0.3) is 5.91 Å². The molecule has 0 radical (unpaired) electrons. The third-order valence-corrected chi connectivity index (χ3v) is 5.75. The molecule has 2 saturated carbocycles. The van der Waals surface area contributed by atoms with Crippen LogP contribution < -0.4 is 5.32 Å². The average molecular weight is 248 g/mol. The number of aromatic nitrogens is 3. The lowest BCUT2D eigenvalue weighted by Gasteiger charge is -2.39.